The smallest absolute Gasteiger partial charge is 0.160 e. The number of fused-ring (bicyclic) bond motifs is 2. The Balaban J connectivity index is 1.21. The van der Waals surface area contributed by atoms with E-state index in [-0.39, 0.29) is 0 Å². The second-order valence-electron chi connectivity index (χ2n) is 8.79. The molecule has 6 heteroatoms. The molecular weight excluding hydrogens is 400 g/mol. The molecule has 2 atom stereocenters. The topological polar surface area (TPSA) is 60.8 Å². The third-order valence-electron chi connectivity index (χ3n) is 6.81. The highest BCUT2D eigenvalue weighted by molar-refractivity contribution is 5.47. The lowest BCUT2D eigenvalue weighted by molar-refractivity contribution is 0.0675. The van der Waals surface area contributed by atoms with Gasteiger partial charge < -0.3 is 14.8 Å². The van der Waals surface area contributed by atoms with Crippen molar-refractivity contribution < 1.29 is 9.47 Å². The van der Waals surface area contributed by atoms with Crippen LogP contribution in [0, 0.1) is 11.3 Å². The second-order valence-corrected chi connectivity index (χ2v) is 8.79. The summed E-state index contributed by atoms with van der Waals surface area (Å²) in [5.41, 5.74) is 3.09. The van der Waals surface area contributed by atoms with Gasteiger partial charge in [-0.25, -0.2) is 0 Å². The number of likely N-dealkylation sites (tertiary alicyclic amines) is 1. The molecule has 2 aliphatic rings. The van der Waals surface area contributed by atoms with E-state index in [9.17, 15) is 0 Å². The molecule has 2 unspecified atom stereocenters. The Kier molecular flexibility index (Phi) is 7.51. The first-order valence-corrected chi connectivity index (χ1v) is 11.6. The monoisotopic (exact) mass is 434 g/mol. The van der Waals surface area contributed by atoms with Gasteiger partial charge in [-0.2, -0.15) is 5.26 Å². The van der Waals surface area contributed by atoms with E-state index < -0.39 is 0 Å². The molecule has 0 aromatic heterocycles. The molecule has 4 rings (SSSR count). The molecule has 2 bridgehead atoms. The standard InChI is InChI=1S/C26H34N4O2/c1-31-25-11-6-20(16-26(25)32-2)12-15-29-18-23-9-10-24(19-29)30(23)14-3-13-28-22-7-4-21(17-27)5-8-22/h4-8,11,16,23-24,28H,3,9-10,12-15,18-19H2,1-2H3. The highest BCUT2D eigenvalue weighted by Gasteiger charge is 2.38. The maximum Gasteiger partial charge on any atom is 0.160 e. The van der Waals surface area contributed by atoms with Crippen molar-refractivity contribution >= 4 is 5.69 Å². The van der Waals surface area contributed by atoms with Crippen molar-refractivity contribution in [2.75, 3.05) is 52.3 Å². The Morgan fingerprint density at radius 3 is 2.34 bits per heavy atom. The van der Waals surface area contributed by atoms with Gasteiger partial charge in [-0.15, -0.1) is 0 Å². The third kappa shape index (κ3) is 5.35. The summed E-state index contributed by atoms with van der Waals surface area (Å²) in [4.78, 5) is 5.39. The summed E-state index contributed by atoms with van der Waals surface area (Å²) in [6.07, 6.45) is 4.81. The van der Waals surface area contributed by atoms with Crippen LogP contribution in [0.2, 0.25) is 0 Å². The predicted octanol–water partition coefficient (Wildman–Crippen LogP) is 3.77. The van der Waals surface area contributed by atoms with Crippen molar-refractivity contribution in [1.82, 2.24) is 9.80 Å². The molecule has 0 aliphatic carbocycles. The number of hydrogen-bond acceptors (Lipinski definition) is 6. The second kappa shape index (κ2) is 10.7. The molecule has 0 saturated carbocycles. The molecule has 2 aromatic rings. The van der Waals surface area contributed by atoms with E-state index in [0.717, 1.165) is 49.7 Å². The maximum atomic E-state index is 8.90. The third-order valence-corrected chi connectivity index (χ3v) is 6.81. The van der Waals surface area contributed by atoms with Crippen molar-refractivity contribution in [3.63, 3.8) is 0 Å². The van der Waals surface area contributed by atoms with E-state index in [1.54, 1.807) is 14.2 Å². The van der Waals surface area contributed by atoms with Crippen molar-refractivity contribution in [3.05, 3.63) is 53.6 Å². The van der Waals surface area contributed by atoms with Gasteiger partial charge >= 0.3 is 0 Å². The Hall–Kier alpha value is -2.75. The zero-order valence-electron chi connectivity index (χ0n) is 19.2. The number of anilines is 1. The lowest BCUT2D eigenvalue weighted by Crippen LogP contribution is -2.54. The summed E-state index contributed by atoms with van der Waals surface area (Å²) in [6, 6.07) is 17.5. The van der Waals surface area contributed by atoms with Crippen molar-refractivity contribution in [1.29, 1.82) is 5.26 Å². The normalized spacial score (nSPS) is 20.7. The lowest BCUT2D eigenvalue weighted by Gasteiger charge is -2.41. The van der Waals surface area contributed by atoms with Crippen LogP contribution in [0.1, 0.15) is 30.4 Å². The van der Waals surface area contributed by atoms with Gasteiger partial charge in [0.1, 0.15) is 0 Å². The number of rotatable bonds is 10. The SMILES string of the molecule is COc1ccc(CCN2CC3CCC(C2)N3CCCNc2ccc(C#N)cc2)cc1OC. The van der Waals surface area contributed by atoms with Crippen LogP contribution in [0.3, 0.4) is 0 Å². The molecule has 2 saturated heterocycles. The highest BCUT2D eigenvalue weighted by Crippen LogP contribution is 2.31. The quantitative estimate of drug-likeness (QED) is 0.575. The molecule has 2 fully saturated rings. The molecule has 0 spiro atoms. The van der Waals surface area contributed by atoms with Gasteiger partial charge in [0, 0.05) is 50.5 Å². The van der Waals surface area contributed by atoms with E-state index in [1.807, 2.05) is 30.3 Å². The highest BCUT2D eigenvalue weighted by atomic mass is 16.5. The van der Waals surface area contributed by atoms with Crippen LogP contribution in [0.25, 0.3) is 0 Å². The summed E-state index contributed by atoms with van der Waals surface area (Å²) in [5, 5.41) is 12.4. The zero-order valence-corrected chi connectivity index (χ0v) is 19.2. The number of nitriles is 1. The van der Waals surface area contributed by atoms with E-state index in [0.29, 0.717) is 17.6 Å². The molecule has 0 amide bonds. The minimum absolute atomic E-state index is 0.689. The largest absolute Gasteiger partial charge is 0.493 e. The molecule has 170 valence electrons. The first-order chi connectivity index (χ1) is 15.7. The summed E-state index contributed by atoms with van der Waals surface area (Å²) >= 11 is 0. The molecule has 2 aliphatic heterocycles. The van der Waals surface area contributed by atoms with Crippen molar-refractivity contribution in [2.45, 2.75) is 37.8 Å². The minimum atomic E-state index is 0.689. The first-order valence-electron chi connectivity index (χ1n) is 11.6. The number of methoxy groups -OCH3 is 2. The van der Waals surface area contributed by atoms with Gasteiger partial charge in [-0.05, 0) is 67.6 Å². The van der Waals surface area contributed by atoms with Gasteiger partial charge in [-0.3, -0.25) is 9.80 Å². The summed E-state index contributed by atoms with van der Waals surface area (Å²) in [6.45, 7) is 5.56. The van der Waals surface area contributed by atoms with Gasteiger partial charge in [0.2, 0.25) is 0 Å². The number of benzene rings is 2. The lowest BCUT2D eigenvalue weighted by atomic mass is 10.1. The average Bonchev–Trinajstić information content (AvgIpc) is 3.07. The number of ether oxygens (including phenoxy) is 2. The molecular formula is C26H34N4O2. The van der Waals surface area contributed by atoms with E-state index in [4.69, 9.17) is 14.7 Å². The van der Waals surface area contributed by atoms with Gasteiger partial charge in [0.25, 0.3) is 0 Å². The van der Waals surface area contributed by atoms with Crippen LogP contribution >= 0.6 is 0 Å². The fourth-order valence-electron chi connectivity index (χ4n) is 5.11. The van der Waals surface area contributed by atoms with Crippen molar-refractivity contribution in [2.24, 2.45) is 0 Å². The van der Waals surface area contributed by atoms with Gasteiger partial charge in [-0.1, -0.05) is 6.07 Å². The Bertz CT molecular complexity index is 910. The summed E-state index contributed by atoms with van der Waals surface area (Å²) in [5.74, 6) is 1.60. The summed E-state index contributed by atoms with van der Waals surface area (Å²) < 4.78 is 10.8. The fraction of sp³-hybridized carbons (Fsp3) is 0.500. The van der Waals surface area contributed by atoms with Crippen molar-refractivity contribution in [3.8, 4) is 17.6 Å². The number of nitrogens with one attached hydrogen (secondary N) is 1. The molecule has 32 heavy (non-hydrogen) atoms. The van der Waals surface area contributed by atoms with Crippen LogP contribution in [0.15, 0.2) is 42.5 Å². The molecule has 0 radical (unpaired) electrons. The maximum absolute atomic E-state index is 8.90. The van der Waals surface area contributed by atoms with Crippen LogP contribution < -0.4 is 14.8 Å². The van der Waals surface area contributed by atoms with E-state index >= 15 is 0 Å². The molecule has 1 N–H and O–H groups in total. The van der Waals surface area contributed by atoms with Crippen LogP contribution in [0.4, 0.5) is 5.69 Å². The molecule has 2 aromatic carbocycles. The Labute approximate surface area is 191 Å². The fourth-order valence-corrected chi connectivity index (χ4v) is 5.11. The number of nitrogens with zero attached hydrogens (tertiary/aromatic N) is 3. The molecule has 2 heterocycles. The number of piperazine rings is 1. The first kappa shape index (κ1) is 22.4. The predicted molar refractivity (Wildman–Crippen MR) is 127 cm³/mol. The van der Waals surface area contributed by atoms with E-state index in [2.05, 4.69) is 33.3 Å². The van der Waals surface area contributed by atoms with Gasteiger partial charge in [0.15, 0.2) is 11.5 Å². The van der Waals surface area contributed by atoms with Crippen LogP contribution in [-0.4, -0.2) is 68.8 Å². The van der Waals surface area contributed by atoms with Crippen LogP contribution in [0.5, 0.6) is 11.5 Å². The van der Waals surface area contributed by atoms with Gasteiger partial charge in [0.05, 0.1) is 25.9 Å². The number of hydrogen-bond donors (Lipinski definition) is 1. The minimum Gasteiger partial charge on any atom is -0.493 e. The van der Waals surface area contributed by atoms with E-state index in [1.165, 1.54) is 31.5 Å². The Morgan fingerprint density at radius 2 is 1.69 bits per heavy atom. The molecule has 6 nitrogen and oxygen atoms in total. The average molecular weight is 435 g/mol. The zero-order chi connectivity index (χ0) is 22.3. The summed E-state index contributed by atoms with van der Waals surface area (Å²) in [7, 11) is 3.37. The van der Waals surface area contributed by atoms with Crippen LogP contribution in [-0.2, 0) is 6.42 Å². The Morgan fingerprint density at radius 1 is 0.969 bits per heavy atom.